The molecular formula is C14H24O4. The molecule has 0 aromatic rings. The molecule has 0 bridgehead atoms. The molecule has 0 aromatic heterocycles. The number of hydrogen-bond acceptors (Lipinski definition) is 4. The number of Topliss-reactive ketones (excluding diaryl/α,β-unsaturated/α-hetero) is 1. The summed E-state index contributed by atoms with van der Waals surface area (Å²) in [5.74, 6) is 0.910. The third-order valence-corrected chi connectivity index (χ3v) is 3.90. The van der Waals surface area contributed by atoms with Gasteiger partial charge in [0.05, 0.1) is 25.4 Å². The van der Waals surface area contributed by atoms with Crippen molar-refractivity contribution in [3.63, 3.8) is 0 Å². The third kappa shape index (κ3) is 3.53. The van der Waals surface area contributed by atoms with Gasteiger partial charge in [0, 0.05) is 13.5 Å². The maximum atomic E-state index is 11.5. The molecule has 0 radical (unpaired) electrons. The van der Waals surface area contributed by atoms with Crippen LogP contribution in [0.4, 0.5) is 0 Å². The molecule has 4 unspecified atom stereocenters. The van der Waals surface area contributed by atoms with Gasteiger partial charge in [0.25, 0.3) is 0 Å². The Morgan fingerprint density at radius 2 is 2.11 bits per heavy atom. The maximum absolute atomic E-state index is 11.5. The quantitative estimate of drug-likeness (QED) is 0.681. The lowest BCUT2D eigenvalue weighted by molar-refractivity contribution is -0.178. The van der Waals surface area contributed by atoms with Crippen molar-refractivity contribution >= 4 is 5.78 Å². The van der Waals surface area contributed by atoms with Gasteiger partial charge in [-0.3, -0.25) is 4.79 Å². The van der Waals surface area contributed by atoms with E-state index in [1.807, 2.05) is 0 Å². The van der Waals surface area contributed by atoms with E-state index in [9.17, 15) is 4.79 Å². The Bertz CT molecular complexity index is 279. The Morgan fingerprint density at radius 1 is 1.28 bits per heavy atom. The Labute approximate surface area is 109 Å². The van der Waals surface area contributed by atoms with Crippen LogP contribution in [0.25, 0.3) is 0 Å². The number of carbonyl (C=O) groups is 1. The highest BCUT2D eigenvalue weighted by molar-refractivity contribution is 5.90. The van der Waals surface area contributed by atoms with Crippen molar-refractivity contribution in [2.45, 2.75) is 57.3 Å². The van der Waals surface area contributed by atoms with Crippen LogP contribution in [0, 0.1) is 5.92 Å². The number of ketones is 1. The lowest BCUT2D eigenvalue weighted by Gasteiger charge is -2.38. The van der Waals surface area contributed by atoms with E-state index in [0.29, 0.717) is 25.7 Å². The summed E-state index contributed by atoms with van der Waals surface area (Å²) in [4.78, 5) is 11.5. The molecule has 104 valence electrons. The fourth-order valence-corrected chi connectivity index (χ4v) is 2.80. The molecule has 0 heterocycles. The minimum atomic E-state index is -0.350. The average Bonchev–Trinajstić information content (AvgIpc) is 2.34. The van der Waals surface area contributed by atoms with E-state index in [4.69, 9.17) is 14.2 Å². The fraction of sp³-hybridized carbons (Fsp3) is 0.929. The van der Waals surface area contributed by atoms with Crippen LogP contribution in [0.15, 0.2) is 0 Å². The molecule has 0 N–H and O–H groups in total. The van der Waals surface area contributed by atoms with Gasteiger partial charge >= 0.3 is 0 Å². The van der Waals surface area contributed by atoms with Crippen LogP contribution < -0.4 is 0 Å². The van der Waals surface area contributed by atoms with E-state index in [1.165, 1.54) is 12.8 Å². The van der Waals surface area contributed by atoms with Gasteiger partial charge in [-0.05, 0) is 18.8 Å². The zero-order chi connectivity index (χ0) is 13.0. The van der Waals surface area contributed by atoms with Gasteiger partial charge in [-0.1, -0.05) is 19.8 Å². The van der Waals surface area contributed by atoms with E-state index < -0.39 is 0 Å². The first kappa shape index (κ1) is 14.0. The van der Waals surface area contributed by atoms with E-state index in [1.54, 1.807) is 7.11 Å². The second kappa shape index (κ2) is 6.64. The summed E-state index contributed by atoms with van der Waals surface area (Å²) >= 11 is 0. The summed E-state index contributed by atoms with van der Waals surface area (Å²) in [5.41, 5.74) is 0. The Morgan fingerprint density at radius 3 is 2.78 bits per heavy atom. The smallest absolute Gasteiger partial charge is 0.166 e. The van der Waals surface area contributed by atoms with Gasteiger partial charge < -0.3 is 14.2 Å². The topological polar surface area (TPSA) is 44.8 Å². The monoisotopic (exact) mass is 256 g/mol. The molecule has 2 aliphatic carbocycles. The number of ether oxygens (including phenoxy) is 3. The van der Waals surface area contributed by atoms with Crippen LogP contribution in [0.3, 0.4) is 0 Å². The van der Waals surface area contributed by atoms with Crippen molar-refractivity contribution in [1.29, 1.82) is 0 Å². The normalized spacial score (nSPS) is 36.4. The van der Waals surface area contributed by atoms with Crippen molar-refractivity contribution in [2.24, 2.45) is 5.92 Å². The van der Waals surface area contributed by atoms with Crippen molar-refractivity contribution < 1.29 is 19.0 Å². The summed E-state index contributed by atoms with van der Waals surface area (Å²) in [6, 6.07) is 0. The Hall–Kier alpha value is -0.450. The molecular weight excluding hydrogens is 232 g/mol. The minimum absolute atomic E-state index is 0.0235. The van der Waals surface area contributed by atoms with Gasteiger partial charge in [0.2, 0.25) is 0 Å². The predicted molar refractivity (Wildman–Crippen MR) is 67.5 cm³/mol. The lowest BCUT2D eigenvalue weighted by atomic mass is 9.86. The van der Waals surface area contributed by atoms with E-state index in [-0.39, 0.29) is 18.0 Å². The van der Waals surface area contributed by atoms with Crippen molar-refractivity contribution in [3.05, 3.63) is 0 Å². The molecule has 2 saturated carbocycles. The molecule has 4 atom stereocenters. The number of carbonyl (C=O) groups excluding carboxylic acids is 1. The zero-order valence-electron chi connectivity index (χ0n) is 11.4. The molecule has 4 heteroatoms. The average molecular weight is 256 g/mol. The highest BCUT2D eigenvalue weighted by atomic mass is 16.6. The predicted octanol–water partition coefficient (Wildman–Crippen LogP) is 1.95. The maximum Gasteiger partial charge on any atom is 0.166 e. The minimum Gasteiger partial charge on any atom is -0.382 e. The van der Waals surface area contributed by atoms with Crippen molar-refractivity contribution in [3.8, 4) is 0 Å². The van der Waals surface area contributed by atoms with Gasteiger partial charge in [0.1, 0.15) is 6.10 Å². The first-order chi connectivity index (χ1) is 8.70. The highest BCUT2D eigenvalue weighted by Crippen LogP contribution is 2.31. The standard InChI is InChI=1S/C14H24O4/c1-10-4-3-5-11(8-10)18-13-9-12(15)14(13)17-7-6-16-2/h10-11,13-14H,3-9H2,1-2H3. The number of methoxy groups -OCH3 is 1. The summed E-state index contributed by atoms with van der Waals surface area (Å²) in [6.45, 7) is 3.26. The molecule has 2 aliphatic rings. The first-order valence-electron chi connectivity index (χ1n) is 6.99. The summed E-state index contributed by atoms with van der Waals surface area (Å²) < 4.78 is 16.5. The molecule has 2 fully saturated rings. The van der Waals surface area contributed by atoms with Crippen LogP contribution in [0.5, 0.6) is 0 Å². The Kier molecular flexibility index (Phi) is 5.15. The molecule has 0 amide bonds. The van der Waals surface area contributed by atoms with Crippen molar-refractivity contribution in [1.82, 2.24) is 0 Å². The second-order valence-electron chi connectivity index (χ2n) is 5.52. The van der Waals surface area contributed by atoms with Crippen LogP contribution in [0.2, 0.25) is 0 Å². The lowest BCUT2D eigenvalue weighted by Crippen LogP contribution is -2.52. The molecule has 2 rings (SSSR count). The van der Waals surface area contributed by atoms with Crippen LogP contribution >= 0.6 is 0 Å². The summed E-state index contributed by atoms with van der Waals surface area (Å²) in [5, 5.41) is 0. The van der Waals surface area contributed by atoms with E-state index in [0.717, 1.165) is 18.8 Å². The summed E-state index contributed by atoms with van der Waals surface area (Å²) in [7, 11) is 1.63. The fourth-order valence-electron chi connectivity index (χ4n) is 2.80. The molecule has 0 aromatic carbocycles. The van der Waals surface area contributed by atoms with Gasteiger partial charge in [-0.2, -0.15) is 0 Å². The number of rotatable bonds is 6. The molecule has 0 aliphatic heterocycles. The second-order valence-corrected chi connectivity index (χ2v) is 5.52. The van der Waals surface area contributed by atoms with E-state index in [2.05, 4.69) is 6.92 Å². The Balaban J connectivity index is 1.73. The molecule has 18 heavy (non-hydrogen) atoms. The highest BCUT2D eigenvalue weighted by Gasteiger charge is 2.43. The van der Waals surface area contributed by atoms with Crippen molar-refractivity contribution in [2.75, 3.05) is 20.3 Å². The number of hydrogen-bond donors (Lipinski definition) is 0. The SMILES string of the molecule is COCCOC1C(=O)CC1OC1CCCC(C)C1. The van der Waals surface area contributed by atoms with Crippen LogP contribution in [0.1, 0.15) is 39.0 Å². The van der Waals surface area contributed by atoms with Gasteiger partial charge in [0.15, 0.2) is 5.78 Å². The summed E-state index contributed by atoms with van der Waals surface area (Å²) in [6.07, 6.45) is 5.25. The van der Waals surface area contributed by atoms with Crippen LogP contribution in [-0.4, -0.2) is 44.4 Å². The zero-order valence-corrected chi connectivity index (χ0v) is 11.4. The third-order valence-electron chi connectivity index (χ3n) is 3.90. The van der Waals surface area contributed by atoms with Gasteiger partial charge in [-0.25, -0.2) is 0 Å². The largest absolute Gasteiger partial charge is 0.382 e. The van der Waals surface area contributed by atoms with Crippen LogP contribution in [-0.2, 0) is 19.0 Å². The molecule has 0 saturated heterocycles. The van der Waals surface area contributed by atoms with E-state index >= 15 is 0 Å². The molecule has 4 nitrogen and oxygen atoms in total. The molecule has 0 spiro atoms. The van der Waals surface area contributed by atoms with Gasteiger partial charge in [-0.15, -0.1) is 0 Å². The first-order valence-corrected chi connectivity index (χ1v) is 6.99.